The van der Waals surface area contributed by atoms with Crippen LogP contribution in [0.3, 0.4) is 0 Å². The number of ether oxygens (including phenoxy) is 1. The Morgan fingerprint density at radius 3 is 2.58 bits per heavy atom. The highest BCUT2D eigenvalue weighted by Crippen LogP contribution is 2.18. The number of imide groups is 1. The molecule has 0 radical (unpaired) electrons. The number of carbonyl (C=O) groups is 2. The smallest absolute Gasteiger partial charge is 0.329 e. The molecule has 1 aliphatic heterocycles. The molecule has 2 aromatic rings. The van der Waals surface area contributed by atoms with E-state index in [-0.39, 0.29) is 11.9 Å². The molecule has 0 unspecified atom stereocenters. The minimum Gasteiger partial charge on any atom is -0.489 e. The molecular formula is C21H22N2O3. The summed E-state index contributed by atoms with van der Waals surface area (Å²) in [5, 5.41) is 2.62. The number of hydrogen-bond acceptors (Lipinski definition) is 3. The third-order valence-corrected chi connectivity index (χ3v) is 4.09. The van der Waals surface area contributed by atoms with Gasteiger partial charge in [-0.15, -0.1) is 0 Å². The van der Waals surface area contributed by atoms with Gasteiger partial charge < -0.3 is 10.1 Å². The number of carbonyl (C=O) groups excluding carboxylic acids is 2. The maximum atomic E-state index is 12.2. The van der Waals surface area contributed by atoms with Crippen molar-refractivity contribution in [3.63, 3.8) is 0 Å². The van der Waals surface area contributed by atoms with E-state index in [4.69, 9.17) is 4.74 Å². The maximum Gasteiger partial charge on any atom is 0.329 e. The second kappa shape index (κ2) is 7.87. The van der Waals surface area contributed by atoms with E-state index in [1.165, 1.54) is 10.5 Å². The quantitative estimate of drug-likeness (QED) is 0.635. The van der Waals surface area contributed by atoms with Gasteiger partial charge in [-0.25, -0.2) is 4.79 Å². The van der Waals surface area contributed by atoms with Gasteiger partial charge in [0, 0.05) is 6.54 Å². The van der Waals surface area contributed by atoms with E-state index in [1.54, 1.807) is 6.08 Å². The normalized spacial score (nSPS) is 15.5. The second-order valence-corrected chi connectivity index (χ2v) is 6.29. The first-order valence-corrected chi connectivity index (χ1v) is 8.70. The van der Waals surface area contributed by atoms with Crippen molar-refractivity contribution < 1.29 is 14.3 Å². The van der Waals surface area contributed by atoms with Crippen molar-refractivity contribution in [1.29, 1.82) is 0 Å². The van der Waals surface area contributed by atoms with Gasteiger partial charge >= 0.3 is 6.03 Å². The van der Waals surface area contributed by atoms with Crippen molar-refractivity contribution in [2.75, 3.05) is 6.54 Å². The van der Waals surface area contributed by atoms with E-state index in [9.17, 15) is 9.59 Å². The Labute approximate surface area is 153 Å². The highest BCUT2D eigenvalue weighted by Gasteiger charge is 2.32. The number of rotatable bonds is 6. The summed E-state index contributed by atoms with van der Waals surface area (Å²) in [5.74, 6) is 0.472. The molecule has 1 N–H and O–H groups in total. The SMILES string of the molecule is CCCN1C(=O)N/C(=C/c2ccc(OCc3cccc(C)c3)cc2)C1=O. The molecule has 3 rings (SSSR count). The lowest BCUT2D eigenvalue weighted by atomic mass is 10.1. The van der Waals surface area contributed by atoms with Crippen molar-refractivity contribution in [2.45, 2.75) is 26.9 Å². The van der Waals surface area contributed by atoms with Crippen LogP contribution in [-0.2, 0) is 11.4 Å². The van der Waals surface area contributed by atoms with Crippen LogP contribution < -0.4 is 10.1 Å². The minimum absolute atomic E-state index is 0.281. The van der Waals surface area contributed by atoms with Crippen LogP contribution in [0.1, 0.15) is 30.0 Å². The molecule has 0 saturated carbocycles. The predicted molar refractivity (Wildman–Crippen MR) is 100 cm³/mol. The average molecular weight is 350 g/mol. The Morgan fingerprint density at radius 1 is 1.12 bits per heavy atom. The van der Waals surface area contributed by atoms with Crippen LogP contribution in [0.2, 0.25) is 0 Å². The highest BCUT2D eigenvalue weighted by molar-refractivity contribution is 6.13. The molecule has 3 amide bonds. The molecule has 1 aliphatic rings. The van der Waals surface area contributed by atoms with Crippen molar-refractivity contribution in [2.24, 2.45) is 0 Å². The van der Waals surface area contributed by atoms with E-state index >= 15 is 0 Å². The van der Waals surface area contributed by atoms with Gasteiger partial charge in [0.2, 0.25) is 0 Å². The molecule has 2 aromatic carbocycles. The molecule has 0 bridgehead atoms. The molecule has 5 heteroatoms. The topological polar surface area (TPSA) is 58.6 Å². The summed E-state index contributed by atoms with van der Waals surface area (Å²) in [4.78, 5) is 25.2. The zero-order chi connectivity index (χ0) is 18.5. The molecule has 1 saturated heterocycles. The fourth-order valence-electron chi connectivity index (χ4n) is 2.79. The van der Waals surface area contributed by atoms with Crippen LogP contribution in [0, 0.1) is 6.92 Å². The Kier molecular flexibility index (Phi) is 5.37. The first-order valence-electron chi connectivity index (χ1n) is 8.70. The lowest BCUT2D eigenvalue weighted by molar-refractivity contribution is -0.122. The first kappa shape index (κ1) is 17.7. The fraction of sp³-hybridized carbons (Fsp3) is 0.238. The van der Waals surface area contributed by atoms with Crippen molar-refractivity contribution in [3.8, 4) is 5.75 Å². The largest absolute Gasteiger partial charge is 0.489 e. The van der Waals surface area contributed by atoms with Crippen LogP contribution in [0.15, 0.2) is 54.2 Å². The van der Waals surface area contributed by atoms with Crippen LogP contribution in [0.25, 0.3) is 6.08 Å². The Hall–Kier alpha value is -3.08. The molecule has 0 spiro atoms. The van der Waals surface area contributed by atoms with Gasteiger partial charge in [-0.3, -0.25) is 9.69 Å². The lowest BCUT2D eigenvalue weighted by Crippen LogP contribution is -2.31. The van der Waals surface area contributed by atoms with Crippen LogP contribution >= 0.6 is 0 Å². The van der Waals surface area contributed by atoms with E-state index in [1.807, 2.05) is 43.3 Å². The van der Waals surface area contributed by atoms with Gasteiger partial charge in [0.05, 0.1) is 0 Å². The molecule has 0 atom stereocenters. The monoisotopic (exact) mass is 350 g/mol. The summed E-state index contributed by atoms with van der Waals surface area (Å²) < 4.78 is 5.79. The summed E-state index contributed by atoms with van der Waals surface area (Å²) in [5.41, 5.74) is 3.45. The van der Waals surface area contributed by atoms with Crippen LogP contribution in [0.5, 0.6) is 5.75 Å². The average Bonchev–Trinajstić information content (AvgIpc) is 2.89. The fourth-order valence-corrected chi connectivity index (χ4v) is 2.79. The summed E-state index contributed by atoms with van der Waals surface area (Å²) in [6.07, 6.45) is 2.42. The van der Waals surface area contributed by atoms with E-state index in [0.29, 0.717) is 18.8 Å². The van der Waals surface area contributed by atoms with Crippen molar-refractivity contribution in [3.05, 3.63) is 70.9 Å². The molecule has 134 valence electrons. The minimum atomic E-state index is -0.360. The first-order chi connectivity index (χ1) is 12.6. The van der Waals surface area contributed by atoms with Gasteiger partial charge in [0.1, 0.15) is 18.1 Å². The lowest BCUT2D eigenvalue weighted by Gasteiger charge is -2.08. The molecule has 26 heavy (non-hydrogen) atoms. The standard InChI is InChI=1S/C21H22N2O3/c1-3-11-23-20(24)19(22-21(23)25)13-16-7-9-18(10-8-16)26-14-17-6-4-5-15(2)12-17/h4-10,12-13H,3,11,14H2,1-2H3,(H,22,25)/b19-13+. The third kappa shape index (κ3) is 4.11. The van der Waals surface area contributed by atoms with E-state index in [0.717, 1.165) is 23.3 Å². The molecular weight excluding hydrogens is 328 g/mol. The number of amides is 3. The summed E-state index contributed by atoms with van der Waals surface area (Å²) in [6, 6.07) is 15.3. The zero-order valence-electron chi connectivity index (χ0n) is 15.0. The number of hydrogen-bond donors (Lipinski definition) is 1. The predicted octanol–water partition coefficient (Wildman–Crippen LogP) is 3.88. The summed E-state index contributed by atoms with van der Waals surface area (Å²) in [7, 11) is 0. The highest BCUT2D eigenvalue weighted by atomic mass is 16.5. The number of benzene rings is 2. The van der Waals surface area contributed by atoms with Crippen LogP contribution in [0.4, 0.5) is 4.79 Å². The van der Waals surface area contributed by atoms with Crippen LogP contribution in [-0.4, -0.2) is 23.4 Å². The molecule has 5 nitrogen and oxygen atoms in total. The van der Waals surface area contributed by atoms with E-state index < -0.39 is 0 Å². The van der Waals surface area contributed by atoms with Crippen molar-refractivity contribution >= 4 is 18.0 Å². The summed E-state index contributed by atoms with van der Waals surface area (Å²) in [6.45, 7) is 4.91. The third-order valence-electron chi connectivity index (χ3n) is 4.09. The molecule has 1 heterocycles. The number of aryl methyl sites for hydroxylation is 1. The number of nitrogens with zero attached hydrogens (tertiary/aromatic N) is 1. The molecule has 1 fully saturated rings. The van der Waals surface area contributed by atoms with Gasteiger partial charge in [0.25, 0.3) is 5.91 Å². The second-order valence-electron chi connectivity index (χ2n) is 6.29. The van der Waals surface area contributed by atoms with Gasteiger partial charge in [0.15, 0.2) is 0 Å². The van der Waals surface area contributed by atoms with Gasteiger partial charge in [-0.2, -0.15) is 0 Å². The molecule has 0 aromatic heterocycles. The van der Waals surface area contributed by atoms with Gasteiger partial charge in [-0.1, -0.05) is 48.9 Å². The van der Waals surface area contributed by atoms with Crippen molar-refractivity contribution in [1.82, 2.24) is 10.2 Å². The zero-order valence-corrected chi connectivity index (χ0v) is 15.0. The maximum absolute atomic E-state index is 12.2. The molecule has 0 aliphatic carbocycles. The summed E-state index contributed by atoms with van der Waals surface area (Å²) >= 11 is 0. The number of nitrogens with one attached hydrogen (secondary N) is 1. The van der Waals surface area contributed by atoms with Gasteiger partial charge in [-0.05, 0) is 42.7 Å². The number of urea groups is 1. The Bertz CT molecular complexity index is 841. The van der Waals surface area contributed by atoms with E-state index in [2.05, 4.69) is 24.4 Å². The Balaban J connectivity index is 1.64. The Morgan fingerprint density at radius 2 is 1.88 bits per heavy atom.